The van der Waals surface area contributed by atoms with Crippen LogP contribution in [0.5, 0.6) is 5.75 Å². The van der Waals surface area contributed by atoms with E-state index in [1.54, 1.807) is 18.2 Å². The lowest BCUT2D eigenvalue weighted by Crippen LogP contribution is -2.13. The molecule has 0 unspecified atom stereocenters. The van der Waals surface area contributed by atoms with Crippen molar-refractivity contribution in [1.82, 2.24) is 0 Å². The van der Waals surface area contributed by atoms with Crippen LogP contribution in [0.3, 0.4) is 0 Å². The molecule has 0 aliphatic carbocycles. The molecule has 2 aromatic carbocycles. The number of rotatable bonds is 4. The van der Waals surface area contributed by atoms with Gasteiger partial charge in [-0.15, -0.1) is 0 Å². The molecular formula is C13H13ClN2O3S. The lowest BCUT2D eigenvalue weighted by atomic mass is 10.2. The van der Waals surface area contributed by atoms with Gasteiger partial charge in [-0.25, -0.2) is 8.42 Å². The first-order valence-electron chi connectivity index (χ1n) is 5.64. The number of halogens is 1. The molecule has 0 bridgehead atoms. The molecule has 2 rings (SSSR count). The fourth-order valence-corrected chi connectivity index (χ4v) is 2.81. The molecule has 0 fully saturated rings. The predicted molar refractivity (Wildman–Crippen MR) is 79.7 cm³/mol. The van der Waals surface area contributed by atoms with Crippen molar-refractivity contribution in [2.24, 2.45) is 0 Å². The van der Waals surface area contributed by atoms with Gasteiger partial charge in [0.25, 0.3) is 10.0 Å². The van der Waals surface area contributed by atoms with Gasteiger partial charge < -0.3 is 10.5 Å². The van der Waals surface area contributed by atoms with Gasteiger partial charge in [-0.05, 0) is 36.4 Å². The highest BCUT2D eigenvalue weighted by atomic mass is 35.5. The summed E-state index contributed by atoms with van der Waals surface area (Å²) in [6, 6.07) is 10.5. The van der Waals surface area contributed by atoms with Crippen LogP contribution in [0.15, 0.2) is 47.4 Å². The summed E-state index contributed by atoms with van der Waals surface area (Å²) in [6.07, 6.45) is 0. The van der Waals surface area contributed by atoms with Gasteiger partial charge in [0.1, 0.15) is 5.75 Å². The van der Waals surface area contributed by atoms with E-state index in [9.17, 15) is 8.42 Å². The number of sulfonamides is 1. The van der Waals surface area contributed by atoms with Crippen molar-refractivity contribution in [2.75, 3.05) is 17.6 Å². The average Bonchev–Trinajstić information content (AvgIpc) is 2.41. The highest BCUT2D eigenvalue weighted by molar-refractivity contribution is 7.92. The van der Waals surface area contributed by atoms with E-state index in [4.69, 9.17) is 22.1 Å². The number of benzene rings is 2. The molecule has 0 heterocycles. The zero-order chi connectivity index (χ0) is 14.8. The Hall–Kier alpha value is -1.92. The summed E-state index contributed by atoms with van der Waals surface area (Å²) in [7, 11) is -2.27. The van der Waals surface area contributed by atoms with Crippen LogP contribution in [0, 0.1) is 0 Å². The Kier molecular flexibility index (Phi) is 4.06. The second-order valence-corrected chi connectivity index (χ2v) is 6.14. The van der Waals surface area contributed by atoms with E-state index in [0.717, 1.165) is 0 Å². The Bertz CT molecular complexity index is 715. The van der Waals surface area contributed by atoms with E-state index in [-0.39, 0.29) is 4.90 Å². The van der Waals surface area contributed by atoms with Gasteiger partial charge in [-0.1, -0.05) is 11.6 Å². The third kappa shape index (κ3) is 3.15. The normalized spacial score (nSPS) is 11.1. The molecule has 0 saturated carbocycles. The monoisotopic (exact) mass is 312 g/mol. The number of hydrogen-bond acceptors (Lipinski definition) is 4. The quantitative estimate of drug-likeness (QED) is 0.851. The Morgan fingerprint density at radius 3 is 2.40 bits per heavy atom. The van der Waals surface area contributed by atoms with Crippen LogP contribution in [-0.2, 0) is 10.0 Å². The molecule has 20 heavy (non-hydrogen) atoms. The zero-order valence-corrected chi connectivity index (χ0v) is 12.2. The molecule has 0 aromatic heterocycles. The maximum atomic E-state index is 12.2. The highest BCUT2D eigenvalue weighted by Gasteiger charge is 2.16. The van der Waals surface area contributed by atoms with Crippen LogP contribution in [0.4, 0.5) is 11.4 Å². The minimum atomic E-state index is -3.70. The first-order valence-corrected chi connectivity index (χ1v) is 7.50. The summed E-state index contributed by atoms with van der Waals surface area (Å²) in [5.74, 6) is 0.350. The first kappa shape index (κ1) is 14.5. The number of nitrogens with one attached hydrogen (secondary N) is 1. The summed E-state index contributed by atoms with van der Waals surface area (Å²) in [5.41, 5.74) is 6.42. The first-order chi connectivity index (χ1) is 9.42. The third-order valence-electron chi connectivity index (χ3n) is 2.59. The van der Waals surface area contributed by atoms with Crippen molar-refractivity contribution in [3.8, 4) is 5.75 Å². The van der Waals surface area contributed by atoms with Crippen LogP contribution in [0.1, 0.15) is 0 Å². The van der Waals surface area contributed by atoms with Crippen molar-refractivity contribution >= 4 is 33.0 Å². The number of anilines is 2. The van der Waals surface area contributed by atoms with Crippen molar-refractivity contribution in [3.63, 3.8) is 0 Å². The van der Waals surface area contributed by atoms with Gasteiger partial charge in [0.05, 0.1) is 17.7 Å². The van der Waals surface area contributed by atoms with Crippen molar-refractivity contribution in [3.05, 3.63) is 47.5 Å². The maximum absolute atomic E-state index is 12.2. The van der Waals surface area contributed by atoms with Crippen molar-refractivity contribution in [2.45, 2.75) is 4.90 Å². The van der Waals surface area contributed by atoms with Crippen LogP contribution in [0.2, 0.25) is 5.02 Å². The molecule has 0 atom stereocenters. The Balaban J connectivity index is 2.35. The topological polar surface area (TPSA) is 81.4 Å². The zero-order valence-electron chi connectivity index (χ0n) is 10.6. The van der Waals surface area contributed by atoms with E-state index in [0.29, 0.717) is 22.1 Å². The SMILES string of the molecule is COc1cc(N)ccc1NS(=O)(=O)c1ccc(Cl)cc1. The Labute approximate surface area is 122 Å². The lowest BCUT2D eigenvalue weighted by Gasteiger charge is -2.12. The molecular weight excluding hydrogens is 300 g/mol. The summed E-state index contributed by atoms with van der Waals surface area (Å²) >= 11 is 5.74. The summed E-state index contributed by atoms with van der Waals surface area (Å²) in [5, 5.41) is 0.467. The van der Waals surface area contributed by atoms with Crippen LogP contribution in [0.25, 0.3) is 0 Å². The van der Waals surface area contributed by atoms with E-state index in [2.05, 4.69) is 4.72 Å². The van der Waals surface area contributed by atoms with Crippen LogP contribution >= 0.6 is 11.6 Å². The number of methoxy groups -OCH3 is 1. The molecule has 0 spiro atoms. The van der Waals surface area contributed by atoms with Gasteiger partial charge in [0.15, 0.2) is 0 Å². The van der Waals surface area contributed by atoms with Crippen molar-refractivity contribution in [1.29, 1.82) is 0 Å². The molecule has 106 valence electrons. The number of nitrogen functional groups attached to an aromatic ring is 1. The smallest absolute Gasteiger partial charge is 0.262 e. The second-order valence-electron chi connectivity index (χ2n) is 4.02. The fourth-order valence-electron chi connectivity index (χ4n) is 1.61. The van der Waals surface area contributed by atoms with E-state index >= 15 is 0 Å². The third-order valence-corrected chi connectivity index (χ3v) is 4.23. The average molecular weight is 313 g/mol. The molecule has 0 aliphatic rings. The maximum Gasteiger partial charge on any atom is 0.262 e. The molecule has 0 saturated heterocycles. The molecule has 7 heteroatoms. The molecule has 2 aromatic rings. The largest absolute Gasteiger partial charge is 0.494 e. The van der Waals surface area contributed by atoms with Crippen LogP contribution in [-0.4, -0.2) is 15.5 Å². The number of hydrogen-bond donors (Lipinski definition) is 2. The Morgan fingerprint density at radius 1 is 1.15 bits per heavy atom. The van der Waals surface area contributed by atoms with Gasteiger partial charge in [0.2, 0.25) is 0 Å². The van der Waals surface area contributed by atoms with Crippen LogP contribution < -0.4 is 15.2 Å². The molecule has 0 amide bonds. The van der Waals surface area contributed by atoms with Gasteiger partial charge in [0, 0.05) is 16.8 Å². The van der Waals surface area contributed by atoms with Crippen molar-refractivity contribution < 1.29 is 13.2 Å². The lowest BCUT2D eigenvalue weighted by molar-refractivity contribution is 0.417. The summed E-state index contributed by atoms with van der Waals surface area (Å²) in [6.45, 7) is 0. The molecule has 0 aliphatic heterocycles. The fraction of sp³-hybridized carbons (Fsp3) is 0.0769. The predicted octanol–water partition coefficient (Wildman–Crippen LogP) is 2.73. The second kappa shape index (κ2) is 5.60. The minimum Gasteiger partial charge on any atom is -0.494 e. The van der Waals surface area contributed by atoms with Gasteiger partial charge in [-0.3, -0.25) is 4.72 Å². The van der Waals surface area contributed by atoms with E-state index < -0.39 is 10.0 Å². The van der Waals surface area contributed by atoms with E-state index in [1.165, 1.54) is 31.4 Å². The van der Waals surface area contributed by atoms with Gasteiger partial charge in [-0.2, -0.15) is 0 Å². The Morgan fingerprint density at radius 2 is 1.80 bits per heavy atom. The summed E-state index contributed by atoms with van der Waals surface area (Å²) < 4.78 is 32.0. The minimum absolute atomic E-state index is 0.112. The molecule has 3 N–H and O–H groups in total. The summed E-state index contributed by atoms with van der Waals surface area (Å²) in [4.78, 5) is 0.112. The molecule has 5 nitrogen and oxygen atoms in total. The highest BCUT2D eigenvalue weighted by Crippen LogP contribution is 2.29. The number of nitrogens with two attached hydrogens (primary N) is 1. The molecule has 0 radical (unpaired) electrons. The van der Waals surface area contributed by atoms with E-state index in [1.807, 2.05) is 0 Å². The number of ether oxygens (including phenoxy) is 1. The standard InChI is InChI=1S/C13H13ClN2O3S/c1-19-13-8-10(15)4-7-12(13)16-20(17,18)11-5-2-9(14)3-6-11/h2-8,16H,15H2,1H3. The van der Waals surface area contributed by atoms with Gasteiger partial charge >= 0.3 is 0 Å².